The Hall–Kier alpha value is -9.16. The first-order valence-electron chi connectivity index (χ1n) is 27.2. The summed E-state index contributed by atoms with van der Waals surface area (Å²) in [6.07, 6.45) is 33.1. The van der Waals surface area contributed by atoms with Crippen LogP contribution in [0.1, 0.15) is 59.1 Å². The average molecular weight is 989 g/mol. The van der Waals surface area contributed by atoms with Gasteiger partial charge in [0.1, 0.15) is 16.7 Å². The number of rotatable bonds is 9. The monoisotopic (exact) mass is 988 g/mol. The van der Waals surface area contributed by atoms with E-state index in [-0.39, 0.29) is 17.8 Å². The van der Waals surface area contributed by atoms with E-state index in [2.05, 4.69) is 243 Å². The summed E-state index contributed by atoms with van der Waals surface area (Å²) in [4.78, 5) is 0. The Morgan fingerprint density at radius 2 is 1.32 bits per heavy atom. The maximum atomic E-state index is 6.61. The highest BCUT2D eigenvalue weighted by Gasteiger charge is 2.54. The molecule has 77 heavy (non-hydrogen) atoms. The highest BCUT2D eigenvalue weighted by atomic mass is 16.3. The van der Waals surface area contributed by atoms with Gasteiger partial charge in [-0.3, -0.25) is 0 Å². The predicted octanol–water partition coefficient (Wildman–Crippen LogP) is 17.1. The molecule has 0 saturated carbocycles. The van der Waals surface area contributed by atoms with Crippen molar-refractivity contribution < 1.29 is 8.83 Å². The van der Waals surface area contributed by atoms with Crippen LogP contribution in [0.3, 0.4) is 0 Å². The van der Waals surface area contributed by atoms with Crippen molar-refractivity contribution in [1.29, 1.82) is 0 Å². The Balaban J connectivity index is 0.944. The van der Waals surface area contributed by atoms with Crippen molar-refractivity contribution in [3.8, 4) is 34.6 Å². The Bertz CT molecular complexity index is 4310. The van der Waals surface area contributed by atoms with Crippen LogP contribution in [0.4, 0.5) is 0 Å². The van der Waals surface area contributed by atoms with E-state index in [9.17, 15) is 0 Å². The van der Waals surface area contributed by atoms with Crippen molar-refractivity contribution in [1.82, 2.24) is 0 Å². The second-order valence-corrected chi connectivity index (χ2v) is 21.1. The molecule has 0 aliphatic heterocycles. The van der Waals surface area contributed by atoms with Gasteiger partial charge in [0.2, 0.25) is 0 Å². The molecule has 2 heterocycles. The van der Waals surface area contributed by atoms with Gasteiger partial charge in [-0.05, 0) is 111 Å². The largest absolute Gasteiger partial charge is 0.455 e. The lowest BCUT2D eigenvalue weighted by molar-refractivity contribution is 0.372. The molecule has 4 aliphatic rings. The van der Waals surface area contributed by atoms with Gasteiger partial charge in [0.05, 0.1) is 11.0 Å². The van der Waals surface area contributed by atoms with Gasteiger partial charge in [0.25, 0.3) is 0 Å². The molecular weight excluding hydrogens is 933 g/mol. The molecule has 0 N–H and O–H groups in total. The number of allylic oxidation sites excluding steroid dienone is 12. The number of fused-ring (bicyclic) bond motifs is 8. The molecule has 0 radical (unpaired) electrons. The minimum absolute atomic E-state index is 0.0858. The van der Waals surface area contributed by atoms with E-state index in [0.717, 1.165) is 85.1 Å². The minimum Gasteiger partial charge on any atom is -0.455 e. The summed E-state index contributed by atoms with van der Waals surface area (Å²) in [6, 6.07) is 70.9. The summed E-state index contributed by atoms with van der Waals surface area (Å²) >= 11 is 0. The summed E-state index contributed by atoms with van der Waals surface area (Å²) in [6.45, 7) is 2.05. The van der Waals surface area contributed by atoms with E-state index in [4.69, 9.17) is 15.3 Å². The van der Waals surface area contributed by atoms with E-state index >= 15 is 0 Å². The van der Waals surface area contributed by atoms with Gasteiger partial charge in [-0.25, -0.2) is 0 Å². The van der Waals surface area contributed by atoms with Crippen molar-refractivity contribution in [3.63, 3.8) is 0 Å². The number of hydrogen-bond acceptors (Lipinski definition) is 2. The lowest BCUT2D eigenvalue weighted by atomic mass is 9.61. The molecule has 0 fully saturated rings. The van der Waals surface area contributed by atoms with E-state index in [1.807, 2.05) is 24.3 Å². The maximum Gasteiger partial charge on any atom is 0.151 e. The van der Waals surface area contributed by atoms with Crippen LogP contribution in [-0.2, 0) is 11.8 Å². The van der Waals surface area contributed by atoms with E-state index in [0.29, 0.717) is 5.92 Å². The molecule has 0 saturated heterocycles. The highest BCUT2D eigenvalue weighted by Crippen LogP contribution is 2.63. The zero-order valence-electron chi connectivity index (χ0n) is 43.1. The first-order chi connectivity index (χ1) is 38.1. The van der Waals surface area contributed by atoms with Crippen LogP contribution >= 0.6 is 0 Å². The Morgan fingerprint density at radius 1 is 0.636 bits per heavy atom. The van der Waals surface area contributed by atoms with Gasteiger partial charge in [-0.15, -0.1) is 6.42 Å². The molecule has 14 rings (SSSR count). The smallest absolute Gasteiger partial charge is 0.151 e. The molecule has 0 bridgehead atoms. The standard InChI is InChI=1S/C75H56O2/c1-3-57(73-58(4-2)62-25-12-15-34-70(62)76-73)53-40-44-55(45-41-53)75(56-46-42-54(43-47-56)60-28-18-31-65-63-26-13-16-35-71(63)77-74(60)65)68-32-14-11-27-66(68)72-64(30-19-33-69(72)75)67(61-29-17-23-52-22-9-6-10-24-59(52)61)48-49-36-38-51(39-37-49)50-20-7-5-8-21-50/h1,4-9,11-23,25-47,59,64,67,72H,10,24,48H2,2H3/b58-4-,73-57-. The fourth-order valence-corrected chi connectivity index (χ4v) is 13.8. The molecule has 0 amide bonds. The van der Waals surface area contributed by atoms with Crippen molar-refractivity contribution in [2.24, 2.45) is 17.8 Å². The molecule has 2 nitrogen and oxygen atoms in total. The number of furan rings is 2. The van der Waals surface area contributed by atoms with Crippen molar-refractivity contribution in [3.05, 3.63) is 310 Å². The molecule has 368 valence electrons. The maximum absolute atomic E-state index is 6.61. The molecule has 2 aromatic heterocycles. The fraction of sp³-hybridized carbons (Fsp3) is 0.120. The second kappa shape index (κ2) is 19.2. The molecule has 8 aromatic carbocycles. The molecule has 0 spiro atoms. The Labute approximate surface area is 450 Å². The third-order valence-corrected chi connectivity index (χ3v) is 17.2. The van der Waals surface area contributed by atoms with Crippen molar-refractivity contribution in [2.75, 3.05) is 0 Å². The van der Waals surface area contributed by atoms with Gasteiger partial charge in [-0.1, -0.05) is 254 Å². The number of para-hydroxylation sites is 3. The average Bonchev–Trinajstić information content (AvgIpc) is 4.32. The number of benzene rings is 8. The fourth-order valence-electron chi connectivity index (χ4n) is 13.8. The summed E-state index contributed by atoms with van der Waals surface area (Å²) < 4.78 is 13.2. The lowest BCUT2D eigenvalue weighted by Gasteiger charge is -2.41. The van der Waals surface area contributed by atoms with Crippen LogP contribution in [0.15, 0.2) is 274 Å². The molecule has 5 unspecified atom stereocenters. The van der Waals surface area contributed by atoms with Gasteiger partial charge < -0.3 is 8.83 Å². The van der Waals surface area contributed by atoms with Gasteiger partial charge in [0.15, 0.2) is 5.42 Å². The number of terminal acetylenes is 1. The van der Waals surface area contributed by atoms with Crippen LogP contribution in [0.2, 0.25) is 0 Å². The van der Waals surface area contributed by atoms with Crippen LogP contribution < -0.4 is 10.6 Å². The van der Waals surface area contributed by atoms with E-state index in [1.165, 1.54) is 55.7 Å². The summed E-state index contributed by atoms with van der Waals surface area (Å²) in [5, 5.41) is 4.32. The normalized spacial score (nSPS) is 20.4. The van der Waals surface area contributed by atoms with Crippen LogP contribution in [0.5, 0.6) is 0 Å². The SMILES string of the molecule is C#C/C(c1ccc(C2(c3ccc(-c4cccc5c4oc4ccccc45)cc3)C3=CC=CC(C(Cc4ccc(-c5ccccc5)cc4)C4=CC=CC5=CC=CCCC54)C3c3ccccc32)cc1)=c1/oc2ccccc2/c1=C/C. The topological polar surface area (TPSA) is 26.3 Å². The zero-order valence-corrected chi connectivity index (χ0v) is 43.1. The zero-order chi connectivity index (χ0) is 51.5. The summed E-state index contributed by atoms with van der Waals surface area (Å²) in [5.74, 6) is 3.85. The second-order valence-electron chi connectivity index (χ2n) is 21.1. The number of hydrogen-bond donors (Lipinski definition) is 0. The third kappa shape index (κ3) is 7.64. The minimum atomic E-state index is -0.648. The first-order valence-corrected chi connectivity index (χ1v) is 27.2. The van der Waals surface area contributed by atoms with Crippen LogP contribution in [0, 0.1) is 30.1 Å². The van der Waals surface area contributed by atoms with Gasteiger partial charge >= 0.3 is 0 Å². The van der Waals surface area contributed by atoms with Crippen LogP contribution in [-0.4, -0.2) is 0 Å². The third-order valence-electron chi connectivity index (χ3n) is 17.2. The first kappa shape index (κ1) is 46.4. The molecular formula is C75H56O2. The molecule has 10 aromatic rings. The van der Waals surface area contributed by atoms with Crippen molar-refractivity contribution >= 4 is 44.6 Å². The Kier molecular flexibility index (Phi) is 11.6. The van der Waals surface area contributed by atoms with Crippen molar-refractivity contribution in [2.45, 2.75) is 37.5 Å². The van der Waals surface area contributed by atoms with Gasteiger partial charge in [0, 0.05) is 38.8 Å². The molecule has 2 heteroatoms. The predicted molar refractivity (Wildman–Crippen MR) is 319 cm³/mol. The van der Waals surface area contributed by atoms with E-state index < -0.39 is 5.41 Å². The molecule has 5 atom stereocenters. The lowest BCUT2D eigenvalue weighted by Crippen LogP contribution is -2.34. The highest BCUT2D eigenvalue weighted by molar-refractivity contribution is 6.09. The summed E-state index contributed by atoms with van der Waals surface area (Å²) in [5.41, 5.74) is 19.8. The summed E-state index contributed by atoms with van der Waals surface area (Å²) in [7, 11) is 0. The Morgan fingerprint density at radius 3 is 2.12 bits per heavy atom. The van der Waals surface area contributed by atoms with Crippen LogP contribution in [0.25, 0.3) is 66.8 Å². The van der Waals surface area contributed by atoms with E-state index in [1.54, 1.807) is 0 Å². The van der Waals surface area contributed by atoms with Gasteiger partial charge in [-0.2, -0.15) is 0 Å². The molecule has 4 aliphatic carbocycles. The quantitative estimate of drug-likeness (QED) is 0.135.